The summed E-state index contributed by atoms with van der Waals surface area (Å²) in [6.45, 7) is 1.81. The zero-order chi connectivity index (χ0) is 26.7. The third kappa shape index (κ3) is 7.78. The molecule has 0 aromatic heterocycles. The highest BCUT2D eigenvalue weighted by atomic mass is 35.5. The molecule has 2 aromatic rings. The van der Waals surface area contributed by atoms with Gasteiger partial charge in [-0.3, -0.25) is 4.79 Å². The number of hydrogen-bond donors (Lipinski definition) is 0. The standard InChI is InChI=1S/C23H18Cl3F7OS/c1-11(35-2)3-6-20(34)14-5-4-12(7-16(14)23(31,32)33)19(27)10-15(22(28,29)30)13-8-17(24)21(26)18(25)9-13/h4-5,7-11,15H,3,6H2,1-2H3/b19-10-. The van der Waals surface area contributed by atoms with Gasteiger partial charge in [-0.15, -0.1) is 0 Å². The minimum atomic E-state index is -5.03. The molecule has 12 heteroatoms. The Hall–Kier alpha value is -1.42. The number of benzene rings is 2. The summed E-state index contributed by atoms with van der Waals surface area (Å²) in [4.78, 5) is 12.4. The number of hydrogen-bond acceptors (Lipinski definition) is 2. The summed E-state index contributed by atoms with van der Waals surface area (Å²) in [6.07, 6.45) is -8.00. The highest BCUT2D eigenvalue weighted by molar-refractivity contribution is 7.99. The number of allylic oxidation sites excluding steroid dienone is 1. The molecule has 1 nitrogen and oxygen atoms in total. The SMILES string of the molecule is CSC(C)CCC(=O)c1ccc(/C(F)=C/C(c2cc(Cl)c(Cl)c(Cl)c2)C(F)(F)F)cc1C(F)(F)F. The third-order valence-corrected chi connectivity index (χ3v) is 7.35. The molecular formula is C23H18Cl3F7OS. The zero-order valence-corrected chi connectivity index (χ0v) is 21.2. The average molecular weight is 582 g/mol. The van der Waals surface area contributed by atoms with Crippen LogP contribution in [0.25, 0.3) is 5.83 Å². The molecule has 0 amide bonds. The minimum absolute atomic E-state index is 0.0297. The Balaban J connectivity index is 2.53. The first kappa shape index (κ1) is 29.8. The lowest BCUT2D eigenvalue weighted by molar-refractivity contribution is -0.140. The van der Waals surface area contributed by atoms with Crippen molar-refractivity contribution in [2.45, 2.75) is 43.3 Å². The van der Waals surface area contributed by atoms with Crippen molar-refractivity contribution in [3.05, 3.63) is 73.7 Å². The maximum Gasteiger partial charge on any atom is 0.417 e. The second kappa shape index (κ2) is 11.8. The van der Waals surface area contributed by atoms with Crippen LogP contribution in [0.2, 0.25) is 15.1 Å². The molecule has 0 aliphatic carbocycles. The van der Waals surface area contributed by atoms with Crippen LogP contribution in [-0.4, -0.2) is 23.5 Å². The number of alkyl halides is 6. The van der Waals surface area contributed by atoms with Crippen LogP contribution in [0.3, 0.4) is 0 Å². The quantitative estimate of drug-likeness (QED) is 0.175. The van der Waals surface area contributed by atoms with Gasteiger partial charge in [-0.25, -0.2) is 4.39 Å². The van der Waals surface area contributed by atoms with Crippen LogP contribution >= 0.6 is 46.6 Å². The van der Waals surface area contributed by atoms with Crippen molar-refractivity contribution in [3.63, 3.8) is 0 Å². The van der Waals surface area contributed by atoms with Crippen LogP contribution in [-0.2, 0) is 6.18 Å². The molecule has 2 unspecified atom stereocenters. The molecule has 0 bridgehead atoms. The van der Waals surface area contributed by atoms with E-state index in [-0.39, 0.29) is 32.8 Å². The van der Waals surface area contributed by atoms with E-state index in [1.165, 1.54) is 11.8 Å². The molecule has 0 N–H and O–H groups in total. The van der Waals surface area contributed by atoms with E-state index in [2.05, 4.69) is 0 Å². The van der Waals surface area contributed by atoms with Crippen LogP contribution in [0.5, 0.6) is 0 Å². The van der Waals surface area contributed by atoms with Gasteiger partial charge in [-0.2, -0.15) is 38.1 Å². The number of rotatable bonds is 8. The molecule has 2 rings (SSSR count). The van der Waals surface area contributed by atoms with Gasteiger partial charge in [0, 0.05) is 22.8 Å². The zero-order valence-electron chi connectivity index (χ0n) is 18.1. The molecule has 0 saturated heterocycles. The van der Waals surface area contributed by atoms with Crippen molar-refractivity contribution in [1.82, 2.24) is 0 Å². The molecule has 0 aliphatic heterocycles. The molecule has 192 valence electrons. The topological polar surface area (TPSA) is 17.1 Å². The maximum atomic E-state index is 14.9. The van der Waals surface area contributed by atoms with Gasteiger partial charge >= 0.3 is 12.4 Å². The lowest BCUT2D eigenvalue weighted by atomic mass is 9.94. The maximum absolute atomic E-state index is 14.9. The Kier molecular flexibility index (Phi) is 10.0. The monoisotopic (exact) mass is 580 g/mol. The summed E-state index contributed by atoms with van der Waals surface area (Å²) in [7, 11) is 0. The summed E-state index contributed by atoms with van der Waals surface area (Å²) in [5, 5.41) is -0.794. The van der Waals surface area contributed by atoms with E-state index in [1.54, 1.807) is 6.26 Å². The Labute approximate surface area is 216 Å². The molecule has 0 spiro atoms. The Morgan fingerprint density at radius 1 is 1.03 bits per heavy atom. The van der Waals surface area contributed by atoms with Gasteiger partial charge in [0.05, 0.1) is 20.6 Å². The van der Waals surface area contributed by atoms with Gasteiger partial charge in [-0.1, -0.05) is 53.9 Å². The van der Waals surface area contributed by atoms with Crippen molar-refractivity contribution in [2.24, 2.45) is 0 Å². The van der Waals surface area contributed by atoms with Crippen LogP contribution in [0.15, 0.2) is 36.4 Å². The van der Waals surface area contributed by atoms with E-state index >= 15 is 0 Å². The lowest BCUT2D eigenvalue weighted by Crippen LogP contribution is -2.19. The number of halogens is 10. The minimum Gasteiger partial charge on any atom is -0.294 e. The Bertz CT molecular complexity index is 1090. The summed E-state index contributed by atoms with van der Waals surface area (Å²) < 4.78 is 96.9. The fourth-order valence-electron chi connectivity index (χ4n) is 3.13. The van der Waals surface area contributed by atoms with E-state index < -0.39 is 52.1 Å². The summed E-state index contributed by atoms with van der Waals surface area (Å²) >= 11 is 18.8. The fraction of sp³-hybridized carbons (Fsp3) is 0.348. The molecule has 0 fully saturated rings. The van der Waals surface area contributed by atoms with Crippen LogP contribution in [0.4, 0.5) is 30.7 Å². The second-order valence-corrected chi connectivity index (χ2v) is 10.1. The number of thioether (sulfide) groups is 1. The number of Topliss-reactive ketones (excluding diaryl/α,β-unsaturated/α-hetero) is 1. The van der Waals surface area contributed by atoms with E-state index in [9.17, 15) is 35.5 Å². The normalized spacial score (nSPS) is 14.7. The molecule has 0 radical (unpaired) electrons. The molecule has 2 aromatic carbocycles. The van der Waals surface area contributed by atoms with Crippen LogP contribution in [0, 0.1) is 0 Å². The van der Waals surface area contributed by atoms with Crippen molar-refractivity contribution in [2.75, 3.05) is 6.26 Å². The molecule has 35 heavy (non-hydrogen) atoms. The number of carbonyl (C=O) groups is 1. The highest BCUT2D eigenvalue weighted by Gasteiger charge is 2.41. The molecule has 0 aliphatic rings. The molecule has 2 atom stereocenters. The third-order valence-electron chi connectivity index (χ3n) is 5.11. The second-order valence-electron chi connectivity index (χ2n) is 7.60. The lowest BCUT2D eigenvalue weighted by Gasteiger charge is -2.19. The van der Waals surface area contributed by atoms with Crippen molar-refractivity contribution in [1.29, 1.82) is 0 Å². The first-order valence-electron chi connectivity index (χ1n) is 9.92. The van der Waals surface area contributed by atoms with E-state index in [0.29, 0.717) is 12.5 Å². The number of carbonyl (C=O) groups excluding carboxylic acids is 1. The van der Waals surface area contributed by atoms with Crippen molar-refractivity contribution < 1.29 is 35.5 Å². The van der Waals surface area contributed by atoms with Gasteiger partial charge < -0.3 is 0 Å². The largest absolute Gasteiger partial charge is 0.417 e. The van der Waals surface area contributed by atoms with Crippen LogP contribution in [0.1, 0.15) is 52.7 Å². The van der Waals surface area contributed by atoms with Gasteiger partial charge in [0.2, 0.25) is 0 Å². The van der Waals surface area contributed by atoms with Crippen LogP contribution < -0.4 is 0 Å². The van der Waals surface area contributed by atoms with E-state index in [0.717, 1.165) is 24.3 Å². The first-order chi connectivity index (χ1) is 16.1. The predicted octanol–water partition coefficient (Wildman–Crippen LogP) is 10.0. The Morgan fingerprint density at radius 2 is 1.60 bits per heavy atom. The fourth-order valence-corrected chi connectivity index (χ4v) is 4.10. The van der Waals surface area contributed by atoms with Crippen molar-refractivity contribution in [3.8, 4) is 0 Å². The molecule has 0 saturated carbocycles. The van der Waals surface area contributed by atoms with Gasteiger partial charge in [0.1, 0.15) is 11.7 Å². The average Bonchev–Trinajstić information content (AvgIpc) is 2.76. The van der Waals surface area contributed by atoms with E-state index in [1.807, 2.05) is 6.92 Å². The molecular weight excluding hydrogens is 564 g/mol. The van der Waals surface area contributed by atoms with Crippen molar-refractivity contribution >= 4 is 58.2 Å². The molecule has 0 heterocycles. The Morgan fingerprint density at radius 3 is 2.09 bits per heavy atom. The first-order valence-corrected chi connectivity index (χ1v) is 12.3. The van der Waals surface area contributed by atoms with E-state index in [4.69, 9.17) is 34.8 Å². The van der Waals surface area contributed by atoms with Gasteiger partial charge in [0.15, 0.2) is 5.78 Å². The smallest absolute Gasteiger partial charge is 0.294 e. The predicted molar refractivity (Wildman–Crippen MR) is 127 cm³/mol. The number of ketones is 1. The summed E-state index contributed by atoms with van der Waals surface area (Å²) in [6, 6.07) is 3.62. The summed E-state index contributed by atoms with van der Waals surface area (Å²) in [5.74, 6) is -4.96. The highest BCUT2D eigenvalue weighted by Crippen LogP contribution is 2.43. The summed E-state index contributed by atoms with van der Waals surface area (Å²) in [5.41, 5.74) is -3.43. The van der Waals surface area contributed by atoms with Gasteiger partial charge in [0.25, 0.3) is 0 Å². The van der Waals surface area contributed by atoms with Gasteiger partial charge in [-0.05, 0) is 42.5 Å².